The number of ether oxygens (including phenoxy) is 1. The zero-order valence-electron chi connectivity index (χ0n) is 8.41. The summed E-state index contributed by atoms with van der Waals surface area (Å²) >= 11 is 0. The number of nitrogens with zero attached hydrogens (tertiary/aromatic N) is 1. The lowest BCUT2D eigenvalue weighted by atomic mass is 10.1. The van der Waals surface area contributed by atoms with E-state index in [2.05, 4.69) is 11.6 Å². The van der Waals surface area contributed by atoms with E-state index in [0.717, 1.165) is 0 Å². The molecule has 0 N–H and O–H groups in total. The highest BCUT2D eigenvalue weighted by atomic mass is 16.5. The van der Waals surface area contributed by atoms with Crippen molar-refractivity contribution in [2.45, 2.75) is 19.4 Å². The standard InChI is InChI=1S/C11H13NO2/c1-8(9-5-4-6-13-9)10-12-11(2,3)7-14-10/h4-6H,1,7H2,2-3H3. The molecule has 0 radical (unpaired) electrons. The Morgan fingerprint density at radius 3 is 2.86 bits per heavy atom. The van der Waals surface area contributed by atoms with Crippen molar-refractivity contribution in [1.82, 2.24) is 0 Å². The van der Waals surface area contributed by atoms with Gasteiger partial charge >= 0.3 is 0 Å². The molecular weight excluding hydrogens is 178 g/mol. The highest BCUT2D eigenvalue weighted by Crippen LogP contribution is 2.24. The van der Waals surface area contributed by atoms with Crippen LogP contribution >= 0.6 is 0 Å². The molecule has 3 heteroatoms. The summed E-state index contributed by atoms with van der Waals surface area (Å²) < 4.78 is 10.7. The van der Waals surface area contributed by atoms with E-state index in [1.54, 1.807) is 6.26 Å². The van der Waals surface area contributed by atoms with Gasteiger partial charge in [-0.25, -0.2) is 4.99 Å². The molecule has 0 unspecified atom stereocenters. The molecule has 0 aliphatic carbocycles. The van der Waals surface area contributed by atoms with Crippen molar-refractivity contribution >= 4 is 11.5 Å². The third kappa shape index (κ3) is 1.58. The van der Waals surface area contributed by atoms with E-state index in [1.807, 2.05) is 26.0 Å². The van der Waals surface area contributed by atoms with Crippen LogP contribution in [0.5, 0.6) is 0 Å². The SMILES string of the molecule is C=C(C1=NC(C)(C)CO1)c1ccco1. The van der Waals surface area contributed by atoms with E-state index in [-0.39, 0.29) is 5.54 Å². The minimum atomic E-state index is -0.148. The topological polar surface area (TPSA) is 34.7 Å². The molecule has 0 spiro atoms. The largest absolute Gasteiger partial charge is 0.475 e. The molecule has 1 aromatic rings. The Morgan fingerprint density at radius 1 is 1.57 bits per heavy atom. The maximum atomic E-state index is 5.44. The fraction of sp³-hybridized carbons (Fsp3) is 0.364. The third-order valence-corrected chi connectivity index (χ3v) is 2.04. The first kappa shape index (κ1) is 9.06. The average molecular weight is 191 g/mol. The number of hydrogen-bond acceptors (Lipinski definition) is 3. The summed E-state index contributed by atoms with van der Waals surface area (Å²) in [6.07, 6.45) is 1.61. The van der Waals surface area contributed by atoms with Crippen LogP contribution < -0.4 is 0 Å². The van der Waals surface area contributed by atoms with Crippen LogP contribution in [0, 0.1) is 0 Å². The molecule has 0 aromatic carbocycles. The quantitative estimate of drug-likeness (QED) is 0.719. The first-order chi connectivity index (χ1) is 6.58. The normalized spacial score (nSPS) is 18.9. The van der Waals surface area contributed by atoms with Gasteiger partial charge in [0.1, 0.15) is 12.4 Å². The average Bonchev–Trinajstić information content (AvgIpc) is 2.72. The van der Waals surface area contributed by atoms with Gasteiger partial charge in [0.25, 0.3) is 0 Å². The van der Waals surface area contributed by atoms with Crippen LogP contribution in [-0.4, -0.2) is 18.0 Å². The van der Waals surface area contributed by atoms with E-state index in [4.69, 9.17) is 9.15 Å². The Labute approximate surface area is 83.1 Å². The molecule has 3 nitrogen and oxygen atoms in total. The Bertz CT molecular complexity index is 374. The summed E-state index contributed by atoms with van der Waals surface area (Å²) in [5, 5.41) is 0. The van der Waals surface area contributed by atoms with Gasteiger partial charge in [-0.1, -0.05) is 6.58 Å². The van der Waals surface area contributed by atoms with Gasteiger partial charge in [-0.05, 0) is 26.0 Å². The minimum absolute atomic E-state index is 0.148. The van der Waals surface area contributed by atoms with Crippen LogP contribution in [0.4, 0.5) is 0 Å². The van der Waals surface area contributed by atoms with Crippen LogP contribution in [-0.2, 0) is 4.74 Å². The molecule has 14 heavy (non-hydrogen) atoms. The predicted octanol–water partition coefficient (Wildman–Crippen LogP) is 2.50. The van der Waals surface area contributed by atoms with Crippen molar-refractivity contribution in [1.29, 1.82) is 0 Å². The summed E-state index contributed by atoms with van der Waals surface area (Å²) in [4.78, 5) is 4.41. The molecule has 1 aromatic heterocycles. The van der Waals surface area contributed by atoms with E-state index in [9.17, 15) is 0 Å². The molecule has 74 valence electrons. The number of aliphatic imine (C=N–C) groups is 1. The maximum Gasteiger partial charge on any atom is 0.220 e. The fourth-order valence-electron chi connectivity index (χ4n) is 1.29. The zero-order valence-corrected chi connectivity index (χ0v) is 8.41. The highest BCUT2D eigenvalue weighted by molar-refractivity contribution is 6.18. The first-order valence-corrected chi connectivity index (χ1v) is 4.54. The summed E-state index contributed by atoms with van der Waals surface area (Å²) in [6, 6.07) is 3.67. The van der Waals surface area contributed by atoms with Gasteiger partial charge in [0.15, 0.2) is 0 Å². The van der Waals surface area contributed by atoms with Crippen LogP contribution in [0.25, 0.3) is 5.57 Å². The molecule has 0 fully saturated rings. The molecule has 2 rings (SSSR count). The number of rotatable bonds is 2. The van der Waals surface area contributed by atoms with E-state index in [0.29, 0.717) is 23.8 Å². The molecule has 1 aliphatic rings. The smallest absolute Gasteiger partial charge is 0.220 e. The van der Waals surface area contributed by atoms with Gasteiger partial charge in [-0.2, -0.15) is 0 Å². The van der Waals surface area contributed by atoms with Gasteiger partial charge < -0.3 is 9.15 Å². The molecule has 0 saturated carbocycles. The Morgan fingerprint density at radius 2 is 2.36 bits per heavy atom. The lowest BCUT2D eigenvalue weighted by molar-refractivity contribution is 0.281. The lowest BCUT2D eigenvalue weighted by Crippen LogP contribution is -2.17. The van der Waals surface area contributed by atoms with Crippen molar-refractivity contribution in [3.05, 3.63) is 30.7 Å². The van der Waals surface area contributed by atoms with Gasteiger partial charge in [0.2, 0.25) is 5.90 Å². The lowest BCUT2D eigenvalue weighted by Gasteiger charge is -2.07. The van der Waals surface area contributed by atoms with E-state index < -0.39 is 0 Å². The molecule has 0 bridgehead atoms. The molecule has 0 amide bonds. The monoisotopic (exact) mass is 191 g/mol. The van der Waals surface area contributed by atoms with Crippen LogP contribution in [0.1, 0.15) is 19.6 Å². The van der Waals surface area contributed by atoms with Gasteiger partial charge in [-0.15, -0.1) is 0 Å². The van der Waals surface area contributed by atoms with Gasteiger partial charge in [0.05, 0.1) is 17.4 Å². The van der Waals surface area contributed by atoms with Crippen LogP contribution in [0.15, 0.2) is 34.4 Å². The maximum absolute atomic E-state index is 5.44. The molecule has 1 aliphatic heterocycles. The second-order valence-electron chi connectivity index (χ2n) is 3.97. The second kappa shape index (κ2) is 3.01. The Balaban J connectivity index is 2.23. The number of hydrogen-bond donors (Lipinski definition) is 0. The van der Waals surface area contributed by atoms with Crippen molar-refractivity contribution in [2.75, 3.05) is 6.61 Å². The van der Waals surface area contributed by atoms with Gasteiger partial charge in [-0.3, -0.25) is 0 Å². The summed E-state index contributed by atoms with van der Waals surface area (Å²) in [5.41, 5.74) is 0.561. The molecule has 2 heterocycles. The van der Waals surface area contributed by atoms with Crippen molar-refractivity contribution in [2.24, 2.45) is 4.99 Å². The third-order valence-electron chi connectivity index (χ3n) is 2.04. The van der Waals surface area contributed by atoms with Crippen LogP contribution in [0.3, 0.4) is 0 Å². The van der Waals surface area contributed by atoms with Crippen LogP contribution in [0.2, 0.25) is 0 Å². The van der Waals surface area contributed by atoms with Crippen molar-refractivity contribution in [3.63, 3.8) is 0 Å². The van der Waals surface area contributed by atoms with Gasteiger partial charge in [0, 0.05) is 0 Å². The summed E-state index contributed by atoms with van der Waals surface area (Å²) in [6.45, 7) is 8.54. The van der Waals surface area contributed by atoms with E-state index in [1.165, 1.54) is 0 Å². The molecule has 0 atom stereocenters. The zero-order chi connectivity index (χ0) is 10.2. The predicted molar refractivity (Wildman–Crippen MR) is 55.2 cm³/mol. The minimum Gasteiger partial charge on any atom is -0.475 e. The highest BCUT2D eigenvalue weighted by Gasteiger charge is 2.28. The van der Waals surface area contributed by atoms with Crippen molar-refractivity contribution in [3.8, 4) is 0 Å². The first-order valence-electron chi connectivity index (χ1n) is 4.54. The molecular formula is C11H13NO2. The Hall–Kier alpha value is -1.51. The summed E-state index contributed by atoms with van der Waals surface area (Å²) in [5.74, 6) is 1.30. The second-order valence-corrected chi connectivity index (χ2v) is 3.97. The Kier molecular flexibility index (Phi) is 1.95. The van der Waals surface area contributed by atoms with Crippen molar-refractivity contribution < 1.29 is 9.15 Å². The van der Waals surface area contributed by atoms with E-state index >= 15 is 0 Å². The molecule has 0 saturated heterocycles. The number of furan rings is 1. The fourth-order valence-corrected chi connectivity index (χ4v) is 1.29. The summed E-state index contributed by atoms with van der Waals surface area (Å²) in [7, 11) is 0.